The van der Waals surface area contributed by atoms with Gasteiger partial charge in [0.05, 0.1) is 0 Å². The predicted molar refractivity (Wildman–Crippen MR) is 42.2 cm³/mol. The van der Waals surface area contributed by atoms with Gasteiger partial charge in [0.2, 0.25) is 0 Å². The van der Waals surface area contributed by atoms with Crippen molar-refractivity contribution < 1.29 is 12.3 Å². The second-order valence-electron chi connectivity index (χ2n) is 1.61. The lowest BCUT2D eigenvalue weighted by Gasteiger charge is -2.09. The van der Waals surface area contributed by atoms with Crippen molar-refractivity contribution in [2.75, 3.05) is 0 Å². The molecule has 0 bridgehead atoms. The lowest BCUT2D eigenvalue weighted by molar-refractivity contribution is 0.426. The summed E-state index contributed by atoms with van der Waals surface area (Å²) in [6.07, 6.45) is 0. The van der Waals surface area contributed by atoms with Gasteiger partial charge in [-0.15, -0.1) is 0 Å². The second kappa shape index (κ2) is 4.61. The molecule has 0 aromatic rings. The highest BCUT2D eigenvalue weighted by Gasteiger charge is 1.97. The van der Waals surface area contributed by atoms with Gasteiger partial charge < -0.3 is 12.3 Å². The molecule has 0 unspecified atom stereocenters. The van der Waals surface area contributed by atoms with Gasteiger partial charge in [-0.25, -0.2) is 0 Å². The first kappa shape index (κ1) is 6.86. The van der Waals surface area contributed by atoms with Gasteiger partial charge in [0.25, 0.3) is 20.0 Å². The highest BCUT2D eigenvalue weighted by atomic mass is 28.4. The molecule has 0 atom stereocenters. The Kier molecular flexibility index (Phi) is 3.95. The van der Waals surface area contributed by atoms with E-state index in [0.29, 0.717) is 0 Å². The molecule has 0 radical (unpaired) electrons. The van der Waals surface area contributed by atoms with Crippen LogP contribution in [0.15, 0.2) is 0 Å². The van der Waals surface area contributed by atoms with Crippen LogP contribution < -0.4 is 0 Å². The zero-order chi connectivity index (χ0) is 5.66. The molecular weight excluding hydrogens is 172 g/mol. The summed E-state index contributed by atoms with van der Waals surface area (Å²) >= 11 is 0. The third-order valence-corrected chi connectivity index (χ3v) is 8.20. The van der Waals surface area contributed by atoms with Crippen molar-refractivity contribution in [2.45, 2.75) is 5.67 Å². The first-order valence-corrected chi connectivity index (χ1v) is 8.20. The molecule has 1 aliphatic heterocycles. The minimum atomic E-state index is -0.528. The quantitative estimate of drug-likeness (QED) is 0.366. The molecule has 1 rings (SSSR count). The van der Waals surface area contributed by atoms with E-state index in [9.17, 15) is 0 Å². The summed E-state index contributed by atoms with van der Waals surface area (Å²) in [5.41, 5.74) is 1.32. The van der Waals surface area contributed by atoms with Crippen molar-refractivity contribution in [3.05, 3.63) is 0 Å². The Morgan fingerprint density at radius 3 is 2.12 bits per heavy atom. The molecule has 0 aliphatic carbocycles. The normalized spacial score (nSPS) is 36.0. The van der Waals surface area contributed by atoms with Crippen molar-refractivity contribution in [1.82, 2.24) is 0 Å². The van der Waals surface area contributed by atoms with Crippen LogP contribution in [-0.4, -0.2) is 39.5 Å². The molecule has 0 spiro atoms. The van der Waals surface area contributed by atoms with Gasteiger partial charge in [0.15, 0.2) is 0 Å². The molecule has 1 fully saturated rings. The average Bonchev–Trinajstić information content (AvgIpc) is 1.62. The van der Waals surface area contributed by atoms with Crippen LogP contribution in [0.2, 0.25) is 5.67 Å². The number of hydrogen-bond acceptors (Lipinski definition) is 3. The summed E-state index contributed by atoms with van der Waals surface area (Å²) in [7, 11) is -1.36. The van der Waals surface area contributed by atoms with Crippen LogP contribution in [0.1, 0.15) is 0 Å². The summed E-state index contributed by atoms with van der Waals surface area (Å²) in [4.78, 5) is 0. The summed E-state index contributed by atoms with van der Waals surface area (Å²) in [6, 6.07) is 0. The maximum atomic E-state index is 5.32. The molecule has 8 heavy (non-hydrogen) atoms. The molecule has 3 nitrogen and oxygen atoms in total. The van der Waals surface area contributed by atoms with E-state index in [-0.39, 0.29) is 19.5 Å². The van der Waals surface area contributed by atoms with E-state index in [1.165, 1.54) is 5.67 Å². The van der Waals surface area contributed by atoms with E-state index in [0.717, 1.165) is 0 Å². The Morgan fingerprint density at radius 2 is 1.50 bits per heavy atom. The fourth-order valence-corrected chi connectivity index (χ4v) is 10.6. The molecule has 1 aliphatic rings. The Balaban J connectivity index is 2.00. The van der Waals surface area contributed by atoms with Gasteiger partial charge in [-0.1, -0.05) is 0 Å². The van der Waals surface area contributed by atoms with Crippen molar-refractivity contribution in [2.24, 2.45) is 0 Å². The summed E-state index contributed by atoms with van der Waals surface area (Å²) in [6.45, 7) is 0. The SMILES string of the molecule is C1[SiH2]O[SiH2]O[SiH2]O[SiH2]1. The molecule has 0 aromatic heterocycles. The summed E-state index contributed by atoms with van der Waals surface area (Å²) in [5.74, 6) is 0. The molecule has 0 aromatic carbocycles. The standard InChI is InChI=1S/CH10O3Si4/c1-5-2-7-4-8-3-6-1/h1,5-8H2. The molecule has 0 N–H and O–H groups in total. The first-order valence-electron chi connectivity index (χ1n) is 2.73. The van der Waals surface area contributed by atoms with Crippen LogP contribution in [0.3, 0.4) is 0 Å². The predicted octanol–water partition coefficient (Wildman–Crippen LogP) is -3.41. The van der Waals surface area contributed by atoms with Gasteiger partial charge in [-0.2, -0.15) is 0 Å². The minimum Gasteiger partial charge on any atom is -0.446 e. The molecule has 1 heterocycles. The molecule has 7 heteroatoms. The molecule has 0 amide bonds. The van der Waals surface area contributed by atoms with Crippen LogP contribution in [0.5, 0.6) is 0 Å². The second-order valence-corrected chi connectivity index (χ2v) is 10.6. The van der Waals surface area contributed by atoms with Crippen molar-refractivity contribution in [3.63, 3.8) is 0 Å². The fraction of sp³-hybridized carbons (Fsp3) is 1.00. The smallest absolute Gasteiger partial charge is 0.284 e. The van der Waals surface area contributed by atoms with Crippen LogP contribution in [0, 0.1) is 0 Å². The Hall–Kier alpha value is 0.748. The van der Waals surface area contributed by atoms with E-state index in [4.69, 9.17) is 12.3 Å². The first-order chi connectivity index (χ1) is 4.00. The lowest BCUT2D eigenvalue weighted by atomic mass is 11.9. The van der Waals surface area contributed by atoms with Crippen molar-refractivity contribution in [3.8, 4) is 0 Å². The third kappa shape index (κ3) is 2.91. The van der Waals surface area contributed by atoms with Crippen molar-refractivity contribution >= 4 is 39.5 Å². The van der Waals surface area contributed by atoms with Gasteiger partial charge in [-0.05, 0) is 5.67 Å². The highest BCUT2D eigenvalue weighted by Crippen LogP contribution is 1.83. The highest BCUT2D eigenvalue weighted by molar-refractivity contribution is 6.58. The molecule has 0 saturated carbocycles. The topological polar surface area (TPSA) is 27.7 Å². The van der Waals surface area contributed by atoms with Gasteiger partial charge in [-0.3, -0.25) is 0 Å². The fourth-order valence-electron chi connectivity index (χ4n) is 0.533. The zero-order valence-corrected chi connectivity index (χ0v) is 10.4. The van der Waals surface area contributed by atoms with E-state index in [2.05, 4.69) is 0 Å². The Labute approximate surface area is 58.1 Å². The van der Waals surface area contributed by atoms with Crippen LogP contribution >= 0.6 is 0 Å². The lowest BCUT2D eigenvalue weighted by Crippen LogP contribution is -2.20. The maximum Gasteiger partial charge on any atom is 0.284 e. The van der Waals surface area contributed by atoms with Crippen LogP contribution in [-0.2, 0) is 12.3 Å². The number of hydrogen-bond donors (Lipinski definition) is 0. The van der Waals surface area contributed by atoms with Crippen LogP contribution in [0.4, 0.5) is 0 Å². The number of rotatable bonds is 0. The van der Waals surface area contributed by atoms with Gasteiger partial charge in [0, 0.05) is 0 Å². The van der Waals surface area contributed by atoms with Crippen LogP contribution in [0.25, 0.3) is 0 Å². The van der Waals surface area contributed by atoms with E-state index in [1.54, 1.807) is 0 Å². The Morgan fingerprint density at radius 1 is 0.875 bits per heavy atom. The van der Waals surface area contributed by atoms with Crippen molar-refractivity contribution in [1.29, 1.82) is 0 Å². The van der Waals surface area contributed by atoms with E-state index >= 15 is 0 Å². The largest absolute Gasteiger partial charge is 0.446 e. The Bertz CT molecular complexity index is 35.2. The average molecular weight is 182 g/mol. The molecular formula is CH10O3Si4. The monoisotopic (exact) mass is 182 g/mol. The molecule has 48 valence electrons. The van der Waals surface area contributed by atoms with Gasteiger partial charge in [0.1, 0.15) is 19.5 Å². The third-order valence-electron chi connectivity index (χ3n) is 0.911. The summed E-state index contributed by atoms with van der Waals surface area (Å²) in [5, 5.41) is 0. The van der Waals surface area contributed by atoms with Gasteiger partial charge >= 0.3 is 0 Å². The minimum absolute atomic E-state index is 0.153. The zero-order valence-electron chi connectivity index (χ0n) is 4.76. The molecule has 1 saturated heterocycles. The van der Waals surface area contributed by atoms with E-state index in [1.807, 2.05) is 0 Å². The maximum absolute atomic E-state index is 5.32. The van der Waals surface area contributed by atoms with E-state index < -0.39 is 20.0 Å². The summed E-state index contributed by atoms with van der Waals surface area (Å²) < 4.78 is 15.8.